The summed E-state index contributed by atoms with van der Waals surface area (Å²) in [5, 5.41) is 2.61. The molecule has 3 amide bonds. The number of benzene rings is 1. The molecule has 2 saturated heterocycles. The van der Waals surface area contributed by atoms with Gasteiger partial charge in [-0.05, 0) is 30.3 Å². The van der Waals surface area contributed by atoms with Gasteiger partial charge in [0.1, 0.15) is 34.8 Å². The lowest BCUT2D eigenvalue weighted by atomic mass is 10.1. The van der Waals surface area contributed by atoms with Gasteiger partial charge >= 0.3 is 6.09 Å². The van der Waals surface area contributed by atoms with Crippen LogP contribution in [0.15, 0.2) is 42.7 Å². The number of carbonyl (C=O) groups excluding carboxylic acids is 3. The number of fused-ring (bicyclic) bond motifs is 1. The summed E-state index contributed by atoms with van der Waals surface area (Å²) >= 11 is -0.883. The number of rotatable bonds is 5. The van der Waals surface area contributed by atoms with Gasteiger partial charge in [-0.3, -0.25) is 14.5 Å². The number of carbonyl (C=O) groups is 3. The van der Waals surface area contributed by atoms with Crippen molar-refractivity contribution < 1.29 is 28.1 Å². The number of halogens is 1. The van der Waals surface area contributed by atoms with Crippen LogP contribution in [0.2, 0.25) is 0 Å². The molecule has 0 radical (unpaired) electrons. The van der Waals surface area contributed by atoms with E-state index in [4.69, 9.17) is 4.74 Å². The molecule has 10 nitrogen and oxygen atoms in total. The molecule has 3 aromatic rings. The molecule has 1 atom stereocenters. The van der Waals surface area contributed by atoms with E-state index in [1.54, 1.807) is 46.0 Å². The average molecular weight is 514 g/mol. The third kappa shape index (κ3) is 4.86. The largest absolute Gasteiger partial charge is 0.616 e. The molecule has 12 heteroatoms. The molecule has 188 valence electrons. The minimum absolute atomic E-state index is 0.185. The van der Waals surface area contributed by atoms with E-state index >= 15 is 4.39 Å². The second kappa shape index (κ2) is 9.78. The molecule has 1 aromatic carbocycles. The number of hydrogen-bond acceptors (Lipinski definition) is 6. The summed E-state index contributed by atoms with van der Waals surface area (Å²) in [5.41, 5.74) is 2.07. The Bertz CT molecular complexity index is 1340. The molecule has 5 rings (SSSR count). The van der Waals surface area contributed by atoms with Crippen molar-refractivity contribution in [2.45, 2.75) is 13.0 Å². The molecule has 2 fully saturated rings. The standard InChI is InChI=1S/C24H24FN5O5S/c1-15(31)26-11-18-13-30(24(33)35-18)17-3-4-19(20(25)10-17)16-2-5-22-27-21(14-29(22)12-16)23(32)28-6-8-36(34)9-7-28/h2-5,10,12,14,18H,6-9,11,13H2,1H3,(H,26,31)/t18-/m0/s1. The Labute approximate surface area is 209 Å². The van der Waals surface area contributed by atoms with Crippen molar-refractivity contribution in [1.29, 1.82) is 0 Å². The van der Waals surface area contributed by atoms with Gasteiger partial charge in [-0.15, -0.1) is 0 Å². The lowest BCUT2D eigenvalue weighted by molar-refractivity contribution is -0.119. The Morgan fingerprint density at radius 1 is 1.22 bits per heavy atom. The molecule has 0 saturated carbocycles. The molecule has 2 aliphatic rings. The van der Waals surface area contributed by atoms with Crippen LogP contribution in [0.5, 0.6) is 0 Å². The van der Waals surface area contributed by atoms with Crippen molar-refractivity contribution in [3.05, 3.63) is 54.2 Å². The van der Waals surface area contributed by atoms with Crippen LogP contribution in [0.25, 0.3) is 16.8 Å². The van der Waals surface area contributed by atoms with E-state index in [9.17, 15) is 18.9 Å². The Balaban J connectivity index is 1.33. The molecule has 4 heterocycles. The zero-order valence-corrected chi connectivity index (χ0v) is 20.3. The van der Waals surface area contributed by atoms with Gasteiger partial charge in [0, 0.05) is 30.4 Å². The summed E-state index contributed by atoms with van der Waals surface area (Å²) in [6.07, 6.45) is 2.18. The second-order valence-corrected chi connectivity index (χ2v) is 10.4. The van der Waals surface area contributed by atoms with Gasteiger partial charge in [-0.1, -0.05) is 11.2 Å². The monoisotopic (exact) mass is 513 g/mol. The van der Waals surface area contributed by atoms with Crippen LogP contribution < -0.4 is 10.2 Å². The van der Waals surface area contributed by atoms with Gasteiger partial charge in [0.2, 0.25) is 5.91 Å². The van der Waals surface area contributed by atoms with Gasteiger partial charge in [-0.25, -0.2) is 14.2 Å². The normalized spacial score (nSPS) is 18.5. The minimum Gasteiger partial charge on any atom is -0.616 e. The van der Waals surface area contributed by atoms with E-state index in [0.717, 1.165) is 0 Å². The van der Waals surface area contributed by atoms with Crippen LogP contribution in [0.4, 0.5) is 14.9 Å². The summed E-state index contributed by atoms with van der Waals surface area (Å²) in [5.74, 6) is -0.0484. The zero-order valence-electron chi connectivity index (χ0n) is 19.5. The Hall–Kier alpha value is -3.64. The maximum Gasteiger partial charge on any atom is 0.414 e. The molecule has 0 spiro atoms. The molecule has 0 aliphatic carbocycles. The smallest absolute Gasteiger partial charge is 0.414 e. The lowest BCUT2D eigenvalue weighted by Gasteiger charge is -2.27. The first kappa shape index (κ1) is 24.1. The Morgan fingerprint density at radius 3 is 2.72 bits per heavy atom. The van der Waals surface area contributed by atoms with Crippen LogP contribution >= 0.6 is 0 Å². The Kier molecular flexibility index (Phi) is 6.54. The summed E-state index contributed by atoms with van der Waals surface area (Å²) in [6, 6.07) is 7.90. The summed E-state index contributed by atoms with van der Waals surface area (Å²) in [4.78, 5) is 43.5. The summed E-state index contributed by atoms with van der Waals surface area (Å²) < 4.78 is 33.6. The lowest BCUT2D eigenvalue weighted by Crippen LogP contribution is -2.43. The number of imidazole rings is 1. The van der Waals surface area contributed by atoms with E-state index < -0.39 is 29.2 Å². The van der Waals surface area contributed by atoms with E-state index in [1.165, 1.54) is 17.9 Å². The minimum atomic E-state index is -0.883. The van der Waals surface area contributed by atoms with E-state index in [2.05, 4.69) is 10.3 Å². The summed E-state index contributed by atoms with van der Waals surface area (Å²) in [7, 11) is 0. The highest BCUT2D eigenvalue weighted by atomic mass is 32.2. The maximum atomic E-state index is 15.1. The average Bonchev–Trinajstić information content (AvgIpc) is 3.45. The van der Waals surface area contributed by atoms with Crippen LogP contribution in [0.3, 0.4) is 0 Å². The highest BCUT2D eigenvalue weighted by Crippen LogP contribution is 2.29. The third-order valence-corrected chi connectivity index (χ3v) is 7.44. The number of hydrogen-bond donors (Lipinski definition) is 1. The molecular formula is C24H24FN5O5S. The Morgan fingerprint density at radius 2 is 2.00 bits per heavy atom. The molecule has 0 bridgehead atoms. The van der Waals surface area contributed by atoms with E-state index in [-0.39, 0.29) is 30.6 Å². The van der Waals surface area contributed by atoms with Crippen molar-refractivity contribution in [3.8, 4) is 11.1 Å². The first-order chi connectivity index (χ1) is 17.3. The van der Waals surface area contributed by atoms with Crippen LogP contribution in [0.1, 0.15) is 17.4 Å². The molecule has 2 aliphatic heterocycles. The molecule has 0 unspecified atom stereocenters. The van der Waals surface area contributed by atoms with Gasteiger partial charge in [0.15, 0.2) is 0 Å². The van der Waals surface area contributed by atoms with Gasteiger partial charge < -0.3 is 23.9 Å². The van der Waals surface area contributed by atoms with Crippen LogP contribution in [-0.2, 0) is 20.7 Å². The molecule has 36 heavy (non-hydrogen) atoms. The number of nitrogens with zero attached hydrogens (tertiary/aromatic N) is 4. The second-order valence-electron chi connectivity index (χ2n) is 8.67. The fourth-order valence-electron chi connectivity index (χ4n) is 4.26. The third-order valence-electron chi connectivity index (χ3n) is 6.16. The number of pyridine rings is 1. The summed E-state index contributed by atoms with van der Waals surface area (Å²) in [6.45, 7) is 2.62. The SMILES string of the molecule is CC(=O)NC[C@H]1CN(c2ccc(-c3ccc4nc(C(=O)N5CC[S+]([O-])CC5)cn4c3)c(F)c2)C(=O)O1. The molecular weight excluding hydrogens is 489 g/mol. The number of cyclic esters (lactones) is 1. The predicted octanol–water partition coefficient (Wildman–Crippen LogP) is 1.81. The van der Waals surface area contributed by atoms with Crippen molar-refractivity contribution in [3.63, 3.8) is 0 Å². The van der Waals surface area contributed by atoms with Crippen molar-refractivity contribution >= 4 is 40.4 Å². The van der Waals surface area contributed by atoms with E-state index in [0.29, 0.717) is 47.1 Å². The molecule has 1 N–H and O–H groups in total. The number of nitrogens with one attached hydrogen (secondary N) is 1. The van der Waals surface area contributed by atoms with E-state index in [1.807, 2.05) is 0 Å². The van der Waals surface area contributed by atoms with Crippen molar-refractivity contribution in [1.82, 2.24) is 19.6 Å². The highest BCUT2D eigenvalue weighted by molar-refractivity contribution is 7.91. The van der Waals surface area contributed by atoms with Gasteiger partial charge in [0.05, 0.1) is 31.9 Å². The quantitative estimate of drug-likeness (QED) is 0.520. The van der Waals surface area contributed by atoms with Gasteiger partial charge in [-0.2, -0.15) is 0 Å². The number of amides is 3. The van der Waals surface area contributed by atoms with Gasteiger partial charge in [0.25, 0.3) is 5.91 Å². The number of ether oxygens (including phenoxy) is 1. The molecule has 2 aromatic heterocycles. The maximum absolute atomic E-state index is 15.1. The number of anilines is 1. The first-order valence-corrected chi connectivity index (χ1v) is 12.9. The fraction of sp³-hybridized carbons (Fsp3) is 0.333. The highest BCUT2D eigenvalue weighted by Gasteiger charge is 2.33. The van der Waals surface area contributed by atoms with Crippen molar-refractivity contribution in [2.24, 2.45) is 0 Å². The zero-order chi connectivity index (χ0) is 25.4. The number of aromatic nitrogens is 2. The van der Waals surface area contributed by atoms with Crippen LogP contribution in [0, 0.1) is 5.82 Å². The predicted molar refractivity (Wildman–Crippen MR) is 131 cm³/mol. The first-order valence-electron chi connectivity index (χ1n) is 11.4. The topological polar surface area (TPSA) is 119 Å². The van der Waals surface area contributed by atoms with Crippen LogP contribution in [-0.4, -0.2) is 80.5 Å². The fourth-order valence-corrected chi connectivity index (χ4v) is 5.31. The van der Waals surface area contributed by atoms with Crippen molar-refractivity contribution in [2.75, 3.05) is 42.6 Å².